The van der Waals surface area contributed by atoms with Gasteiger partial charge >= 0.3 is 0 Å². The minimum atomic E-state index is 0. The molecule has 1 atom stereocenters. The lowest BCUT2D eigenvalue weighted by molar-refractivity contribution is -0.131. The van der Waals surface area contributed by atoms with Gasteiger partial charge in [-0.3, -0.25) is 9.78 Å². The molecular weight excluding hydrogens is 337 g/mol. The summed E-state index contributed by atoms with van der Waals surface area (Å²) >= 11 is 0. The molecule has 3 rings (SSSR count). The Hall–Kier alpha value is -1.11. The van der Waals surface area contributed by atoms with Gasteiger partial charge in [-0.2, -0.15) is 0 Å². The number of nitrogens with one attached hydrogen (secondary N) is 1. The second-order valence-corrected chi connectivity index (χ2v) is 5.76. The van der Waals surface area contributed by atoms with E-state index in [1.54, 1.807) is 18.6 Å². The number of carbonyl (C=O) groups is 1. The molecule has 0 saturated carbocycles. The molecule has 130 valence electrons. The van der Waals surface area contributed by atoms with Gasteiger partial charge in [0, 0.05) is 51.0 Å². The molecule has 1 amide bonds. The predicted octanol–water partition coefficient (Wildman–Crippen LogP) is 1.50. The van der Waals surface area contributed by atoms with Crippen LogP contribution in [0.5, 0.6) is 0 Å². The minimum absolute atomic E-state index is 0. The van der Waals surface area contributed by atoms with Crippen LogP contribution in [-0.2, 0) is 4.79 Å². The highest BCUT2D eigenvalue weighted by molar-refractivity contribution is 5.85. The molecule has 0 radical (unpaired) electrons. The van der Waals surface area contributed by atoms with E-state index >= 15 is 0 Å². The summed E-state index contributed by atoms with van der Waals surface area (Å²) in [6, 6.07) is 0.551. The highest BCUT2D eigenvalue weighted by Crippen LogP contribution is 2.15. The van der Waals surface area contributed by atoms with Crippen molar-refractivity contribution in [2.75, 3.05) is 37.6 Å². The molecule has 0 bridgehead atoms. The first-order valence-corrected chi connectivity index (χ1v) is 7.85. The summed E-state index contributed by atoms with van der Waals surface area (Å²) in [5.41, 5.74) is 0. The van der Waals surface area contributed by atoms with Crippen molar-refractivity contribution >= 4 is 36.5 Å². The van der Waals surface area contributed by atoms with E-state index in [1.807, 2.05) is 4.90 Å². The number of halogens is 2. The zero-order valence-corrected chi connectivity index (χ0v) is 14.8. The molecule has 2 aliphatic rings. The van der Waals surface area contributed by atoms with Gasteiger partial charge in [0.15, 0.2) is 0 Å². The molecule has 1 N–H and O–H groups in total. The minimum Gasteiger partial charge on any atom is -0.352 e. The summed E-state index contributed by atoms with van der Waals surface area (Å²) in [7, 11) is 0. The first kappa shape index (κ1) is 19.9. The van der Waals surface area contributed by atoms with E-state index in [1.165, 1.54) is 12.8 Å². The molecule has 8 heteroatoms. The largest absolute Gasteiger partial charge is 0.352 e. The fourth-order valence-corrected chi connectivity index (χ4v) is 3.10. The van der Waals surface area contributed by atoms with Crippen LogP contribution in [0.4, 0.5) is 5.82 Å². The topological polar surface area (TPSA) is 61.4 Å². The molecule has 2 fully saturated rings. The van der Waals surface area contributed by atoms with E-state index in [4.69, 9.17) is 0 Å². The van der Waals surface area contributed by atoms with Crippen LogP contribution in [0.15, 0.2) is 18.6 Å². The molecule has 3 heterocycles. The van der Waals surface area contributed by atoms with Gasteiger partial charge in [0.1, 0.15) is 5.82 Å². The number of aromatic nitrogens is 2. The van der Waals surface area contributed by atoms with Crippen LogP contribution in [0.3, 0.4) is 0 Å². The van der Waals surface area contributed by atoms with Crippen LogP contribution in [0.25, 0.3) is 0 Å². The fraction of sp³-hybridized carbons (Fsp3) is 0.667. The summed E-state index contributed by atoms with van der Waals surface area (Å²) in [5, 5.41) is 3.45. The maximum atomic E-state index is 12.2. The number of hydrogen-bond donors (Lipinski definition) is 1. The Morgan fingerprint density at radius 1 is 1.22 bits per heavy atom. The Balaban J connectivity index is 0.00000132. The van der Waals surface area contributed by atoms with Crippen molar-refractivity contribution in [1.82, 2.24) is 20.2 Å². The Bertz CT molecular complexity index is 462. The molecule has 23 heavy (non-hydrogen) atoms. The molecule has 0 spiro atoms. The molecule has 6 nitrogen and oxygen atoms in total. The Kier molecular flexibility index (Phi) is 8.58. The first-order chi connectivity index (χ1) is 10.3. The van der Waals surface area contributed by atoms with Crippen molar-refractivity contribution in [1.29, 1.82) is 0 Å². The number of piperazine rings is 1. The van der Waals surface area contributed by atoms with Gasteiger partial charge in [0.05, 0.1) is 6.20 Å². The van der Waals surface area contributed by atoms with Gasteiger partial charge in [-0.25, -0.2) is 4.98 Å². The van der Waals surface area contributed by atoms with Crippen LogP contribution in [0.2, 0.25) is 0 Å². The van der Waals surface area contributed by atoms with E-state index < -0.39 is 0 Å². The fourth-order valence-electron chi connectivity index (χ4n) is 3.10. The first-order valence-electron chi connectivity index (χ1n) is 7.85. The van der Waals surface area contributed by atoms with Crippen molar-refractivity contribution in [3.63, 3.8) is 0 Å². The maximum Gasteiger partial charge on any atom is 0.222 e. The third-order valence-electron chi connectivity index (χ3n) is 4.37. The standard InChI is InChI=1S/C15H23N5O.2ClH/c21-15(4-3-13-2-1-5-17-13)20-10-8-19(9-11-20)14-12-16-6-7-18-14;;/h6-7,12-13,17H,1-5,8-11H2;2*1H. The Labute approximate surface area is 149 Å². The monoisotopic (exact) mass is 361 g/mol. The molecule has 1 aromatic heterocycles. The van der Waals surface area contributed by atoms with Crippen LogP contribution in [0.1, 0.15) is 25.7 Å². The number of rotatable bonds is 4. The van der Waals surface area contributed by atoms with Gasteiger partial charge in [-0.1, -0.05) is 0 Å². The maximum absolute atomic E-state index is 12.2. The summed E-state index contributed by atoms with van der Waals surface area (Å²) in [6.45, 7) is 4.36. The SMILES string of the molecule is Cl.Cl.O=C(CCC1CCCN1)N1CCN(c2cnccn2)CC1. The van der Waals surface area contributed by atoms with Crippen molar-refractivity contribution in [2.24, 2.45) is 0 Å². The molecule has 1 aromatic rings. The zero-order chi connectivity index (χ0) is 14.5. The van der Waals surface area contributed by atoms with E-state index in [9.17, 15) is 4.79 Å². The number of anilines is 1. The van der Waals surface area contributed by atoms with Gasteiger partial charge in [0.2, 0.25) is 5.91 Å². The lowest BCUT2D eigenvalue weighted by atomic mass is 10.1. The molecule has 0 aliphatic carbocycles. The third-order valence-corrected chi connectivity index (χ3v) is 4.37. The predicted molar refractivity (Wildman–Crippen MR) is 95.6 cm³/mol. The van der Waals surface area contributed by atoms with Gasteiger partial charge < -0.3 is 15.1 Å². The van der Waals surface area contributed by atoms with Crippen LogP contribution < -0.4 is 10.2 Å². The van der Waals surface area contributed by atoms with Crippen LogP contribution >= 0.6 is 24.8 Å². The second-order valence-electron chi connectivity index (χ2n) is 5.76. The van der Waals surface area contributed by atoms with Crippen molar-refractivity contribution in [3.05, 3.63) is 18.6 Å². The number of hydrogen-bond acceptors (Lipinski definition) is 5. The van der Waals surface area contributed by atoms with E-state index in [0.717, 1.165) is 45.0 Å². The average Bonchev–Trinajstić information content (AvgIpc) is 3.07. The summed E-state index contributed by atoms with van der Waals surface area (Å²) in [5.74, 6) is 1.20. The van der Waals surface area contributed by atoms with Crippen molar-refractivity contribution in [2.45, 2.75) is 31.7 Å². The van der Waals surface area contributed by atoms with E-state index in [0.29, 0.717) is 18.4 Å². The lowest BCUT2D eigenvalue weighted by Gasteiger charge is -2.35. The smallest absolute Gasteiger partial charge is 0.222 e. The number of nitrogens with zero attached hydrogens (tertiary/aromatic N) is 4. The van der Waals surface area contributed by atoms with E-state index in [-0.39, 0.29) is 24.8 Å². The molecular formula is C15H25Cl2N5O. The number of amides is 1. The Morgan fingerprint density at radius 3 is 2.61 bits per heavy atom. The van der Waals surface area contributed by atoms with Crippen molar-refractivity contribution in [3.8, 4) is 0 Å². The highest BCUT2D eigenvalue weighted by atomic mass is 35.5. The summed E-state index contributed by atoms with van der Waals surface area (Å²) in [4.78, 5) is 24.8. The van der Waals surface area contributed by atoms with Gasteiger partial charge in [-0.15, -0.1) is 24.8 Å². The van der Waals surface area contributed by atoms with Crippen LogP contribution in [-0.4, -0.2) is 59.5 Å². The number of carbonyl (C=O) groups excluding carboxylic acids is 1. The van der Waals surface area contributed by atoms with E-state index in [2.05, 4.69) is 20.2 Å². The molecule has 0 aromatic carbocycles. The lowest BCUT2D eigenvalue weighted by Crippen LogP contribution is -2.49. The zero-order valence-electron chi connectivity index (χ0n) is 13.2. The average molecular weight is 362 g/mol. The second kappa shape index (κ2) is 9.90. The molecule has 2 saturated heterocycles. The van der Waals surface area contributed by atoms with Gasteiger partial charge in [-0.05, 0) is 25.8 Å². The van der Waals surface area contributed by atoms with Crippen molar-refractivity contribution < 1.29 is 4.79 Å². The summed E-state index contributed by atoms with van der Waals surface area (Å²) < 4.78 is 0. The Morgan fingerprint density at radius 2 is 2.00 bits per heavy atom. The highest BCUT2D eigenvalue weighted by Gasteiger charge is 2.23. The molecule has 2 aliphatic heterocycles. The summed E-state index contributed by atoms with van der Waals surface area (Å²) in [6.07, 6.45) is 9.28. The third kappa shape index (κ3) is 5.48. The normalized spacial score (nSPS) is 20.6. The van der Waals surface area contributed by atoms with Gasteiger partial charge in [0.25, 0.3) is 0 Å². The quantitative estimate of drug-likeness (QED) is 0.880. The van der Waals surface area contributed by atoms with Crippen LogP contribution in [0, 0.1) is 0 Å². The molecule has 1 unspecified atom stereocenters.